The third kappa shape index (κ3) is 5.40. The minimum atomic E-state index is -0.0736. The van der Waals surface area contributed by atoms with E-state index in [2.05, 4.69) is 4.90 Å². The van der Waals surface area contributed by atoms with E-state index in [1.807, 2.05) is 84.6 Å². The van der Waals surface area contributed by atoms with Crippen molar-refractivity contribution in [2.45, 2.75) is 13.3 Å². The van der Waals surface area contributed by atoms with E-state index >= 15 is 0 Å². The number of halogens is 1. The van der Waals surface area contributed by atoms with Gasteiger partial charge in [0.15, 0.2) is 5.13 Å². The molecule has 0 radical (unpaired) electrons. The van der Waals surface area contributed by atoms with Crippen LogP contribution < -0.4 is 4.90 Å². The first-order chi connectivity index (χ1) is 19.1. The molecular weight excluding hydrogens is 528 g/mol. The predicted molar refractivity (Wildman–Crippen MR) is 160 cm³/mol. The number of fused-ring (bicyclic) bond motifs is 2. The van der Waals surface area contributed by atoms with Crippen molar-refractivity contribution in [2.24, 2.45) is 0 Å². The van der Waals surface area contributed by atoms with Crippen molar-refractivity contribution in [1.82, 2.24) is 14.9 Å². The number of hydrogen-bond donors (Lipinski definition) is 0. The summed E-state index contributed by atoms with van der Waals surface area (Å²) < 4.78 is 6.52. The number of aryl methyl sites for hydroxylation is 1. The van der Waals surface area contributed by atoms with Gasteiger partial charge in [-0.1, -0.05) is 71.5 Å². The van der Waals surface area contributed by atoms with Crippen molar-refractivity contribution < 1.29 is 9.53 Å². The lowest BCUT2D eigenvalue weighted by atomic mass is 10.0. The van der Waals surface area contributed by atoms with E-state index < -0.39 is 0 Å². The minimum absolute atomic E-state index is 0.0736. The molecule has 0 spiro atoms. The topological polar surface area (TPSA) is 58.6 Å². The molecule has 0 saturated carbocycles. The van der Waals surface area contributed by atoms with Gasteiger partial charge in [0.05, 0.1) is 40.2 Å². The van der Waals surface area contributed by atoms with Crippen LogP contribution >= 0.6 is 22.9 Å². The molecule has 5 aromatic rings. The molecular formula is C31H29ClN4O2S. The quantitative estimate of drug-likeness (QED) is 0.219. The Morgan fingerprint density at radius 1 is 1.03 bits per heavy atom. The summed E-state index contributed by atoms with van der Waals surface area (Å²) in [5, 5.41) is 2.20. The Bertz CT molecular complexity index is 1630. The van der Waals surface area contributed by atoms with Gasteiger partial charge in [-0.15, -0.1) is 0 Å². The number of carbonyl (C=O) groups is 1. The fraction of sp³-hybridized carbons (Fsp3) is 0.258. The molecule has 1 aliphatic heterocycles. The fourth-order valence-corrected chi connectivity index (χ4v) is 6.22. The van der Waals surface area contributed by atoms with Crippen LogP contribution in [-0.2, 0) is 4.74 Å². The minimum Gasteiger partial charge on any atom is -0.379 e. The Balaban J connectivity index is 1.41. The Hall–Kier alpha value is -3.36. The number of carbonyl (C=O) groups excluding carboxylic acids is 1. The van der Waals surface area contributed by atoms with E-state index in [-0.39, 0.29) is 5.91 Å². The first-order valence-electron chi connectivity index (χ1n) is 13.2. The summed E-state index contributed by atoms with van der Waals surface area (Å²) in [5.74, 6) is -0.0736. The number of para-hydroxylation sites is 1. The van der Waals surface area contributed by atoms with Crippen LogP contribution in [0.4, 0.5) is 5.13 Å². The van der Waals surface area contributed by atoms with Gasteiger partial charge in [-0.05, 0) is 43.2 Å². The standard InChI is InChI=1S/C31H29ClN4O2S/c1-21-25(32)12-13-28-29(21)34-31(39-28)36(15-7-14-35-16-18-38-19-17-35)30(37)24-20-27(22-8-3-2-4-9-22)33-26-11-6-5-10-23(24)26/h2-6,8-13,20H,7,14-19H2,1H3. The van der Waals surface area contributed by atoms with E-state index in [1.165, 1.54) is 11.3 Å². The Kier molecular flexibility index (Phi) is 7.57. The summed E-state index contributed by atoms with van der Waals surface area (Å²) in [6.45, 7) is 6.78. The molecule has 0 atom stereocenters. The number of amides is 1. The number of anilines is 1. The molecule has 1 saturated heterocycles. The van der Waals surface area contributed by atoms with Gasteiger partial charge in [-0.3, -0.25) is 14.6 Å². The molecule has 198 valence electrons. The number of nitrogens with zero attached hydrogens (tertiary/aromatic N) is 4. The Labute approximate surface area is 236 Å². The van der Waals surface area contributed by atoms with E-state index in [0.717, 1.165) is 77.2 Å². The average Bonchev–Trinajstić information content (AvgIpc) is 3.42. The third-order valence-electron chi connectivity index (χ3n) is 7.19. The molecule has 0 unspecified atom stereocenters. The number of aromatic nitrogens is 2. The highest BCUT2D eigenvalue weighted by atomic mass is 35.5. The average molecular weight is 557 g/mol. The highest BCUT2D eigenvalue weighted by Crippen LogP contribution is 2.35. The lowest BCUT2D eigenvalue weighted by Gasteiger charge is -2.28. The zero-order valence-corrected chi connectivity index (χ0v) is 23.3. The molecule has 39 heavy (non-hydrogen) atoms. The molecule has 0 bridgehead atoms. The molecule has 0 aliphatic carbocycles. The van der Waals surface area contributed by atoms with Crippen LogP contribution in [-0.4, -0.2) is 60.2 Å². The zero-order chi connectivity index (χ0) is 26.8. The molecule has 0 N–H and O–H groups in total. The first-order valence-corrected chi connectivity index (χ1v) is 14.4. The van der Waals surface area contributed by atoms with Gasteiger partial charge in [0.2, 0.25) is 0 Å². The second kappa shape index (κ2) is 11.4. The van der Waals surface area contributed by atoms with Crippen molar-refractivity contribution in [3.8, 4) is 11.3 Å². The van der Waals surface area contributed by atoms with Gasteiger partial charge in [-0.2, -0.15) is 0 Å². The van der Waals surface area contributed by atoms with E-state index in [4.69, 9.17) is 26.3 Å². The number of thiazole rings is 1. The summed E-state index contributed by atoms with van der Waals surface area (Å²) in [5.41, 5.74) is 4.94. The van der Waals surface area contributed by atoms with Gasteiger partial charge in [0, 0.05) is 42.2 Å². The van der Waals surface area contributed by atoms with Gasteiger partial charge >= 0.3 is 0 Å². The summed E-state index contributed by atoms with van der Waals surface area (Å²) >= 11 is 7.94. The van der Waals surface area contributed by atoms with Crippen LogP contribution in [0.5, 0.6) is 0 Å². The number of hydrogen-bond acceptors (Lipinski definition) is 6. The maximum Gasteiger partial charge on any atom is 0.260 e. The SMILES string of the molecule is Cc1c(Cl)ccc2sc(N(CCCN3CCOCC3)C(=O)c3cc(-c4ccccc4)nc4ccccc34)nc12. The lowest BCUT2D eigenvalue weighted by Crippen LogP contribution is -2.39. The summed E-state index contributed by atoms with van der Waals surface area (Å²) in [4.78, 5) is 28.5. The monoisotopic (exact) mass is 556 g/mol. The van der Waals surface area contributed by atoms with Crippen molar-refractivity contribution in [3.05, 3.63) is 88.9 Å². The molecule has 1 amide bonds. The van der Waals surface area contributed by atoms with E-state index in [0.29, 0.717) is 22.3 Å². The second-order valence-electron chi connectivity index (χ2n) is 9.72. The summed E-state index contributed by atoms with van der Waals surface area (Å²) in [6.07, 6.45) is 0.829. The largest absolute Gasteiger partial charge is 0.379 e. The number of benzene rings is 3. The molecule has 1 aliphatic rings. The molecule has 3 heterocycles. The third-order valence-corrected chi connectivity index (χ3v) is 8.64. The van der Waals surface area contributed by atoms with Gasteiger partial charge in [0.25, 0.3) is 5.91 Å². The number of pyridine rings is 1. The van der Waals surface area contributed by atoms with E-state index in [9.17, 15) is 4.79 Å². The normalized spacial score (nSPS) is 14.2. The highest BCUT2D eigenvalue weighted by molar-refractivity contribution is 7.22. The molecule has 1 fully saturated rings. The zero-order valence-electron chi connectivity index (χ0n) is 21.8. The first kappa shape index (κ1) is 25.9. The van der Waals surface area contributed by atoms with Crippen molar-refractivity contribution in [1.29, 1.82) is 0 Å². The second-order valence-corrected chi connectivity index (χ2v) is 11.1. The smallest absolute Gasteiger partial charge is 0.260 e. The van der Waals surface area contributed by atoms with Crippen LogP contribution in [0.3, 0.4) is 0 Å². The van der Waals surface area contributed by atoms with Crippen LogP contribution in [0.25, 0.3) is 32.4 Å². The molecule has 6 nitrogen and oxygen atoms in total. The predicted octanol–water partition coefficient (Wildman–Crippen LogP) is 6.84. The number of rotatable bonds is 7. The van der Waals surface area contributed by atoms with E-state index in [1.54, 1.807) is 0 Å². The number of ether oxygens (including phenoxy) is 1. The maximum atomic E-state index is 14.5. The maximum absolute atomic E-state index is 14.5. The molecule has 6 rings (SSSR count). The van der Waals surface area contributed by atoms with Crippen molar-refractivity contribution >= 4 is 55.1 Å². The van der Waals surface area contributed by atoms with Crippen LogP contribution in [0, 0.1) is 6.92 Å². The molecule has 8 heteroatoms. The number of morpholine rings is 1. The molecule has 2 aromatic heterocycles. The summed E-state index contributed by atoms with van der Waals surface area (Å²) in [6, 6.07) is 23.6. The van der Waals surface area contributed by atoms with Gasteiger partial charge < -0.3 is 4.74 Å². The van der Waals surface area contributed by atoms with Crippen LogP contribution in [0.2, 0.25) is 5.02 Å². The van der Waals surface area contributed by atoms with Crippen molar-refractivity contribution in [2.75, 3.05) is 44.3 Å². The van der Waals surface area contributed by atoms with Crippen LogP contribution in [0.15, 0.2) is 72.8 Å². The fourth-order valence-electron chi connectivity index (χ4n) is 5.02. The Morgan fingerprint density at radius 2 is 1.79 bits per heavy atom. The molecule has 3 aromatic carbocycles. The Morgan fingerprint density at radius 3 is 2.62 bits per heavy atom. The summed E-state index contributed by atoms with van der Waals surface area (Å²) in [7, 11) is 0. The lowest BCUT2D eigenvalue weighted by molar-refractivity contribution is 0.0376. The highest BCUT2D eigenvalue weighted by Gasteiger charge is 2.25. The van der Waals surface area contributed by atoms with Crippen molar-refractivity contribution in [3.63, 3.8) is 0 Å². The van der Waals surface area contributed by atoms with Gasteiger partial charge in [0.1, 0.15) is 0 Å². The van der Waals surface area contributed by atoms with Gasteiger partial charge in [-0.25, -0.2) is 9.97 Å². The van der Waals surface area contributed by atoms with Crippen LogP contribution in [0.1, 0.15) is 22.3 Å².